The van der Waals surface area contributed by atoms with Gasteiger partial charge in [0, 0.05) is 12.1 Å². The Balaban J connectivity index is 1.85. The molecule has 0 unspecified atom stereocenters. The third kappa shape index (κ3) is 3.31. The maximum atomic E-state index is 13.2. The predicted octanol–water partition coefficient (Wildman–Crippen LogP) is 4.37. The number of aryl methyl sites for hydroxylation is 1. The minimum absolute atomic E-state index is 0.198. The molecule has 4 nitrogen and oxygen atoms in total. The first-order valence-corrected chi connectivity index (χ1v) is 7.68. The molecule has 122 valence electrons. The van der Waals surface area contributed by atoms with Crippen molar-refractivity contribution >= 4 is 17.5 Å². The molecule has 0 aliphatic heterocycles. The first-order chi connectivity index (χ1) is 11.6. The van der Waals surface area contributed by atoms with Crippen molar-refractivity contribution in [3.05, 3.63) is 76.3 Å². The molecule has 1 N–H and O–H groups in total. The Hall–Kier alpha value is -2.66. The first-order valence-electron chi connectivity index (χ1n) is 7.30. The van der Waals surface area contributed by atoms with E-state index in [2.05, 4.69) is 10.5 Å². The van der Waals surface area contributed by atoms with Crippen LogP contribution in [0.2, 0.25) is 5.02 Å². The van der Waals surface area contributed by atoms with Gasteiger partial charge in [-0.2, -0.15) is 0 Å². The smallest absolute Gasteiger partial charge is 0.257 e. The van der Waals surface area contributed by atoms with Crippen molar-refractivity contribution in [2.45, 2.75) is 13.5 Å². The van der Waals surface area contributed by atoms with Crippen LogP contribution in [0.3, 0.4) is 0 Å². The van der Waals surface area contributed by atoms with Crippen molar-refractivity contribution < 1.29 is 13.7 Å². The van der Waals surface area contributed by atoms with Crippen LogP contribution in [0, 0.1) is 12.7 Å². The van der Waals surface area contributed by atoms with Gasteiger partial charge in [0.25, 0.3) is 5.91 Å². The molecular weight excluding hydrogens is 331 g/mol. The van der Waals surface area contributed by atoms with Gasteiger partial charge in [0.1, 0.15) is 22.8 Å². The van der Waals surface area contributed by atoms with Crippen molar-refractivity contribution in [1.82, 2.24) is 10.5 Å². The van der Waals surface area contributed by atoms with Crippen molar-refractivity contribution in [1.29, 1.82) is 0 Å². The van der Waals surface area contributed by atoms with Crippen LogP contribution in [-0.4, -0.2) is 11.1 Å². The number of carbonyl (C=O) groups excluding carboxylic acids is 1. The van der Waals surface area contributed by atoms with Gasteiger partial charge in [0.15, 0.2) is 0 Å². The van der Waals surface area contributed by atoms with E-state index in [1.165, 1.54) is 12.1 Å². The van der Waals surface area contributed by atoms with E-state index in [9.17, 15) is 9.18 Å². The van der Waals surface area contributed by atoms with Crippen molar-refractivity contribution in [2.24, 2.45) is 0 Å². The second-order valence-electron chi connectivity index (χ2n) is 5.25. The third-order valence-corrected chi connectivity index (χ3v) is 3.89. The normalized spacial score (nSPS) is 10.6. The van der Waals surface area contributed by atoms with Crippen LogP contribution in [-0.2, 0) is 6.54 Å². The van der Waals surface area contributed by atoms with Crippen LogP contribution in [0.5, 0.6) is 0 Å². The summed E-state index contributed by atoms with van der Waals surface area (Å²) in [6.07, 6.45) is 0. The van der Waals surface area contributed by atoms with Gasteiger partial charge in [-0.15, -0.1) is 0 Å². The van der Waals surface area contributed by atoms with Gasteiger partial charge in [-0.3, -0.25) is 4.79 Å². The summed E-state index contributed by atoms with van der Waals surface area (Å²) in [4.78, 5) is 12.5. The molecule has 2 aromatic carbocycles. The number of hydrogen-bond donors (Lipinski definition) is 1. The van der Waals surface area contributed by atoms with E-state index in [4.69, 9.17) is 16.1 Å². The Bertz CT molecular complexity index is 892. The van der Waals surface area contributed by atoms with E-state index in [0.717, 1.165) is 0 Å². The molecule has 24 heavy (non-hydrogen) atoms. The summed E-state index contributed by atoms with van der Waals surface area (Å²) in [6.45, 7) is 1.85. The van der Waals surface area contributed by atoms with Crippen molar-refractivity contribution in [3.63, 3.8) is 0 Å². The molecule has 3 aromatic rings. The fraction of sp³-hybridized carbons (Fsp3) is 0.111. The number of nitrogens with zero attached hydrogens (tertiary/aromatic N) is 1. The molecular formula is C18H14ClFN2O2. The highest BCUT2D eigenvalue weighted by Crippen LogP contribution is 2.30. The zero-order chi connectivity index (χ0) is 17.1. The lowest BCUT2D eigenvalue weighted by Gasteiger charge is -2.07. The lowest BCUT2D eigenvalue weighted by Crippen LogP contribution is -2.23. The topological polar surface area (TPSA) is 55.1 Å². The first kappa shape index (κ1) is 16.2. The summed E-state index contributed by atoms with van der Waals surface area (Å²) in [7, 11) is 0. The van der Waals surface area contributed by atoms with Gasteiger partial charge in [-0.25, -0.2) is 4.39 Å². The van der Waals surface area contributed by atoms with E-state index >= 15 is 0 Å². The molecule has 0 spiro atoms. The molecule has 1 heterocycles. The van der Waals surface area contributed by atoms with Crippen LogP contribution < -0.4 is 5.32 Å². The van der Waals surface area contributed by atoms with Crippen LogP contribution in [0.1, 0.15) is 21.7 Å². The molecule has 0 radical (unpaired) electrons. The summed E-state index contributed by atoms with van der Waals surface area (Å²) in [5, 5.41) is 7.18. The number of hydrogen-bond acceptors (Lipinski definition) is 3. The second kappa shape index (κ2) is 6.84. The minimum atomic E-state index is -0.354. The molecule has 1 amide bonds. The third-order valence-electron chi connectivity index (χ3n) is 3.56. The molecule has 0 atom stereocenters. The highest BCUT2D eigenvalue weighted by molar-refractivity contribution is 6.33. The molecule has 0 bridgehead atoms. The standard InChI is InChI=1S/C18H14ClFN2O2/c1-11-16(17(22-24-11)14-7-2-3-8-15(14)19)18(23)21-10-12-5-4-6-13(20)9-12/h2-9H,10H2,1H3,(H,21,23). The van der Waals surface area contributed by atoms with E-state index in [0.29, 0.717) is 33.2 Å². The van der Waals surface area contributed by atoms with Crippen LogP contribution >= 0.6 is 11.6 Å². The molecule has 0 aliphatic rings. The zero-order valence-corrected chi connectivity index (χ0v) is 13.6. The van der Waals surface area contributed by atoms with E-state index in [1.807, 2.05) is 0 Å². The maximum Gasteiger partial charge on any atom is 0.257 e. The number of halogens is 2. The molecule has 3 rings (SSSR count). The number of carbonyl (C=O) groups is 1. The van der Waals surface area contributed by atoms with Crippen molar-refractivity contribution in [2.75, 3.05) is 0 Å². The van der Waals surface area contributed by atoms with Gasteiger partial charge in [-0.05, 0) is 30.7 Å². The second-order valence-corrected chi connectivity index (χ2v) is 5.66. The predicted molar refractivity (Wildman–Crippen MR) is 89.3 cm³/mol. The molecule has 6 heteroatoms. The number of aromatic nitrogens is 1. The number of amides is 1. The largest absolute Gasteiger partial charge is 0.360 e. The number of nitrogens with one attached hydrogen (secondary N) is 1. The Morgan fingerprint density at radius 1 is 1.25 bits per heavy atom. The summed E-state index contributed by atoms with van der Waals surface area (Å²) in [5.41, 5.74) is 1.98. The fourth-order valence-electron chi connectivity index (χ4n) is 2.39. The van der Waals surface area contributed by atoms with E-state index < -0.39 is 0 Å². The molecule has 0 saturated carbocycles. The molecule has 1 aromatic heterocycles. The van der Waals surface area contributed by atoms with E-state index in [-0.39, 0.29) is 18.3 Å². The van der Waals surface area contributed by atoms with Crippen LogP contribution in [0.25, 0.3) is 11.3 Å². The van der Waals surface area contributed by atoms with Crippen LogP contribution in [0.15, 0.2) is 53.1 Å². The fourth-order valence-corrected chi connectivity index (χ4v) is 2.62. The van der Waals surface area contributed by atoms with Gasteiger partial charge >= 0.3 is 0 Å². The Kier molecular flexibility index (Phi) is 4.62. The molecule has 0 saturated heterocycles. The number of rotatable bonds is 4. The molecule has 0 fully saturated rings. The van der Waals surface area contributed by atoms with Crippen LogP contribution in [0.4, 0.5) is 4.39 Å². The van der Waals surface area contributed by atoms with Gasteiger partial charge in [-0.1, -0.05) is 47.1 Å². The average molecular weight is 345 g/mol. The van der Waals surface area contributed by atoms with Crippen molar-refractivity contribution in [3.8, 4) is 11.3 Å². The Labute approximate surface area is 143 Å². The van der Waals surface area contributed by atoms with Gasteiger partial charge < -0.3 is 9.84 Å². The minimum Gasteiger partial charge on any atom is -0.360 e. The lowest BCUT2D eigenvalue weighted by molar-refractivity contribution is 0.0950. The van der Waals surface area contributed by atoms with Gasteiger partial charge in [0.05, 0.1) is 5.02 Å². The summed E-state index contributed by atoms with van der Waals surface area (Å²) < 4.78 is 18.4. The highest BCUT2D eigenvalue weighted by Gasteiger charge is 2.22. The SMILES string of the molecule is Cc1onc(-c2ccccc2Cl)c1C(=O)NCc1cccc(F)c1. The summed E-state index contributed by atoms with van der Waals surface area (Å²) >= 11 is 6.18. The monoisotopic (exact) mass is 344 g/mol. The quantitative estimate of drug-likeness (QED) is 0.764. The summed E-state index contributed by atoms with van der Waals surface area (Å²) in [5.74, 6) is -0.311. The van der Waals surface area contributed by atoms with Gasteiger partial charge in [0.2, 0.25) is 0 Å². The lowest BCUT2D eigenvalue weighted by atomic mass is 10.1. The Morgan fingerprint density at radius 3 is 2.79 bits per heavy atom. The summed E-state index contributed by atoms with van der Waals surface area (Å²) in [6, 6.07) is 13.1. The molecule has 0 aliphatic carbocycles. The number of benzene rings is 2. The average Bonchev–Trinajstić information content (AvgIpc) is 2.95. The highest BCUT2D eigenvalue weighted by atomic mass is 35.5. The van der Waals surface area contributed by atoms with E-state index in [1.54, 1.807) is 43.3 Å². The Morgan fingerprint density at radius 2 is 2.04 bits per heavy atom. The zero-order valence-electron chi connectivity index (χ0n) is 12.8. The maximum absolute atomic E-state index is 13.2.